The highest BCUT2D eigenvalue weighted by Crippen LogP contribution is 2.44. The monoisotopic (exact) mass is 421 g/mol. The van der Waals surface area contributed by atoms with E-state index in [1.807, 2.05) is 18.2 Å². The molecule has 2 heterocycles. The van der Waals surface area contributed by atoms with E-state index in [1.54, 1.807) is 0 Å². The molecule has 31 heavy (non-hydrogen) atoms. The fourth-order valence-corrected chi connectivity index (χ4v) is 5.54. The molecule has 0 atom stereocenters. The van der Waals surface area contributed by atoms with Gasteiger partial charge in [-0.3, -0.25) is 4.79 Å². The summed E-state index contributed by atoms with van der Waals surface area (Å²) in [6, 6.07) is 16.6. The van der Waals surface area contributed by atoms with Crippen LogP contribution in [0.25, 0.3) is 0 Å². The van der Waals surface area contributed by atoms with E-state index in [2.05, 4.69) is 35.6 Å². The second-order valence-corrected chi connectivity index (χ2v) is 9.15. The van der Waals surface area contributed by atoms with E-state index in [9.17, 15) is 4.79 Å². The Morgan fingerprint density at radius 3 is 2.35 bits per heavy atom. The van der Waals surface area contributed by atoms with Crippen molar-refractivity contribution in [2.24, 2.45) is 0 Å². The van der Waals surface area contributed by atoms with Gasteiger partial charge < -0.3 is 19.5 Å². The van der Waals surface area contributed by atoms with Crippen molar-refractivity contribution in [1.82, 2.24) is 5.32 Å². The van der Waals surface area contributed by atoms with Crippen molar-refractivity contribution < 1.29 is 19.0 Å². The van der Waals surface area contributed by atoms with Gasteiger partial charge in [0.15, 0.2) is 11.5 Å². The SMILES string of the molecule is O=C(NCC1(c2ccccc2)CCOCC1)C1(c2ccc3c(c2)OCO3)CCCCC1. The fraction of sp³-hybridized carbons (Fsp3) is 0.500. The summed E-state index contributed by atoms with van der Waals surface area (Å²) in [4.78, 5) is 13.8. The number of carbonyl (C=O) groups is 1. The molecule has 0 bridgehead atoms. The van der Waals surface area contributed by atoms with Crippen molar-refractivity contribution in [2.75, 3.05) is 26.6 Å². The molecule has 5 nitrogen and oxygen atoms in total. The number of hydrogen-bond donors (Lipinski definition) is 1. The predicted octanol–water partition coefficient (Wildman–Crippen LogP) is 4.48. The third-order valence-corrected chi connectivity index (χ3v) is 7.49. The zero-order chi connectivity index (χ0) is 21.2. The third kappa shape index (κ3) is 3.80. The van der Waals surface area contributed by atoms with Gasteiger partial charge in [0.1, 0.15) is 0 Å². The lowest BCUT2D eigenvalue weighted by Gasteiger charge is -2.41. The van der Waals surface area contributed by atoms with Crippen LogP contribution in [-0.2, 0) is 20.4 Å². The van der Waals surface area contributed by atoms with Crippen LogP contribution in [0, 0.1) is 0 Å². The molecule has 5 rings (SSSR count). The summed E-state index contributed by atoms with van der Waals surface area (Å²) in [5.41, 5.74) is 1.77. The lowest BCUT2D eigenvalue weighted by molar-refractivity contribution is -0.128. The quantitative estimate of drug-likeness (QED) is 0.773. The Morgan fingerprint density at radius 1 is 0.839 bits per heavy atom. The predicted molar refractivity (Wildman–Crippen MR) is 119 cm³/mol. The molecule has 2 fully saturated rings. The van der Waals surface area contributed by atoms with Crippen molar-refractivity contribution >= 4 is 5.91 Å². The standard InChI is InChI=1S/C26H31NO4/c28-24(27-18-25(13-15-29-16-14-25)20-7-3-1-4-8-20)26(11-5-2-6-12-26)21-9-10-22-23(17-21)31-19-30-22/h1,3-4,7-10,17H,2,5-6,11-16,18-19H2,(H,27,28). The third-order valence-electron chi connectivity index (χ3n) is 7.49. The molecule has 1 amide bonds. The van der Waals surface area contributed by atoms with Gasteiger partial charge in [0.05, 0.1) is 5.41 Å². The van der Waals surface area contributed by atoms with E-state index in [-0.39, 0.29) is 18.1 Å². The van der Waals surface area contributed by atoms with Crippen molar-refractivity contribution in [3.05, 3.63) is 59.7 Å². The van der Waals surface area contributed by atoms with Crippen LogP contribution >= 0.6 is 0 Å². The summed E-state index contributed by atoms with van der Waals surface area (Å²) in [6.07, 6.45) is 6.92. The number of fused-ring (bicyclic) bond motifs is 1. The average molecular weight is 422 g/mol. The van der Waals surface area contributed by atoms with Crippen LogP contribution in [-0.4, -0.2) is 32.5 Å². The highest BCUT2D eigenvalue weighted by molar-refractivity contribution is 5.88. The molecule has 2 aliphatic heterocycles. The topological polar surface area (TPSA) is 56.8 Å². The molecule has 2 aromatic carbocycles. The van der Waals surface area contributed by atoms with Gasteiger partial charge in [-0.1, -0.05) is 55.7 Å². The zero-order valence-electron chi connectivity index (χ0n) is 18.0. The minimum absolute atomic E-state index is 0.0695. The number of nitrogens with one attached hydrogen (secondary N) is 1. The van der Waals surface area contributed by atoms with Gasteiger partial charge in [0, 0.05) is 25.2 Å². The Balaban J connectivity index is 1.41. The molecule has 1 saturated carbocycles. The largest absolute Gasteiger partial charge is 0.454 e. The van der Waals surface area contributed by atoms with Crippen LogP contribution in [0.5, 0.6) is 11.5 Å². The summed E-state index contributed by atoms with van der Waals surface area (Å²) in [5.74, 6) is 1.66. The first kappa shape index (κ1) is 20.4. The molecule has 164 valence electrons. The van der Waals surface area contributed by atoms with Crippen LogP contribution in [0.1, 0.15) is 56.1 Å². The Hall–Kier alpha value is -2.53. The molecule has 0 unspecified atom stereocenters. The molecule has 1 aliphatic carbocycles. The molecular formula is C26H31NO4. The van der Waals surface area contributed by atoms with Gasteiger partial charge in [-0.05, 0) is 48.9 Å². The first-order valence-corrected chi connectivity index (χ1v) is 11.5. The molecule has 5 heteroatoms. The summed E-state index contributed by atoms with van der Waals surface area (Å²) < 4.78 is 16.8. The van der Waals surface area contributed by atoms with Crippen molar-refractivity contribution in [1.29, 1.82) is 0 Å². The van der Waals surface area contributed by atoms with Gasteiger partial charge in [-0.25, -0.2) is 0 Å². The fourth-order valence-electron chi connectivity index (χ4n) is 5.54. The Kier molecular flexibility index (Phi) is 5.61. The molecule has 1 saturated heterocycles. The summed E-state index contributed by atoms with van der Waals surface area (Å²) in [5, 5.41) is 3.40. The minimum atomic E-state index is -0.498. The van der Waals surface area contributed by atoms with Gasteiger partial charge in [-0.2, -0.15) is 0 Å². The van der Waals surface area contributed by atoms with Gasteiger partial charge in [-0.15, -0.1) is 0 Å². The lowest BCUT2D eigenvalue weighted by atomic mass is 9.68. The van der Waals surface area contributed by atoms with Crippen molar-refractivity contribution in [3.8, 4) is 11.5 Å². The first-order chi connectivity index (χ1) is 15.2. The summed E-state index contributed by atoms with van der Waals surface area (Å²) in [7, 11) is 0. The molecular weight excluding hydrogens is 390 g/mol. The van der Waals surface area contributed by atoms with E-state index in [1.165, 1.54) is 12.0 Å². The first-order valence-electron chi connectivity index (χ1n) is 11.5. The van der Waals surface area contributed by atoms with E-state index in [0.717, 1.165) is 68.8 Å². The summed E-state index contributed by atoms with van der Waals surface area (Å²) >= 11 is 0. The van der Waals surface area contributed by atoms with Crippen LogP contribution in [0.2, 0.25) is 0 Å². The molecule has 0 aromatic heterocycles. The van der Waals surface area contributed by atoms with Gasteiger partial charge >= 0.3 is 0 Å². The summed E-state index contributed by atoms with van der Waals surface area (Å²) in [6.45, 7) is 2.36. The normalized spacial score (nSPS) is 21.4. The van der Waals surface area contributed by atoms with Crippen LogP contribution in [0.4, 0.5) is 0 Å². The number of carbonyl (C=O) groups excluding carboxylic acids is 1. The Morgan fingerprint density at radius 2 is 1.58 bits per heavy atom. The van der Waals surface area contributed by atoms with E-state index in [0.29, 0.717) is 6.54 Å². The van der Waals surface area contributed by atoms with Crippen LogP contribution in [0.15, 0.2) is 48.5 Å². The van der Waals surface area contributed by atoms with Gasteiger partial charge in [0.2, 0.25) is 12.7 Å². The van der Waals surface area contributed by atoms with Crippen LogP contribution in [0.3, 0.4) is 0 Å². The minimum Gasteiger partial charge on any atom is -0.454 e. The molecule has 0 radical (unpaired) electrons. The Labute approximate surface area is 184 Å². The number of ether oxygens (including phenoxy) is 3. The maximum atomic E-state index is 13.8. The van der Waals surface area contributed by atoms with E-state index in [4.69, 9.17) is 14.2 Å². The molecule has 1 N–H and O–H groups in total. The van der Waals surface area contributed by atoms with Crippen molar-refractivity contribution in [3.63, 3.8) is 0 Å². The maximum absolute atomic E-state index is 13.8. The Bertz CT molecular complexity index is 914. The number of hydrogen-bond acceptors (Lipinski definition) is 4. The van der Waals surface area contributed by atoms with E-state index >= 15 is 0 Å². The maximum Gasteiger partial charge on any atom is 0.231 e. The van der Waals surface area contributed by atoms with E-state index < -0.39 is 5.41 Å². The number of amides is 1. The van der Waals surface area contributed by atoms with Crippen LogP contribution < -0.4 is 14.8 Å². The lowest BCUT2D eigenvalue weighted by Crippen LogP contribution is -2.51. The molecule has 0 spiro atoms. The highest BCUT2D eigenvalue weighted by Gasteiger charge is 2.43. The highest BCUT2D eigenvalue weighted by atomic mass is 16.7. The number of rotatable bonds is 5. The average Bonchev–Trinajstić information content (AvgIpc) is 3.32. The molecule has 3 aliphatic rings. The second kappa shape index (κ2) is 8.54. The second-order valence-electron chi connectivity index (χ2n) is 9.15. The van der Waals surface area contributed by atoms with Gasteiger partial charge in [0.25, 0.3) is 0 Å². The smallest absolute Gasteiger partial charge is 0.231 e. The number of benzene rings is 2. The zero-order valence-corrected chi connectivity index (χ0v) is 18.0. The molecule has 2 aromatic rings. The van der Waals surface area contributed by atoms with Crippen molar-refractivity contribution in [2.45, 2.75) is 55.8 Å².